The fourth-order valence-corrected chi connectivity index (χ4v) is 3.00. The van der Waals surface area contributed by atoms with Gasteiger partial charge in [0, 0.05) is 24.1 Å². The second kappa shape index (κ2) is 6.93. The summed E-state index contributed by atoms with van der Waals surface area (Å²) in [6.07, 6.45) is 1.65. The predicted octanol–water partition coefficient (Wildman–Crippen LogP) is 4.29. The smallest absolute Gasteiger partial charge is 0.217 e. The Morgan fingerprint density at radius 1 is 1.04 bits per heavy atom. The van der Waals surface area contributed by atoms with Gasteiger partial charge in [-0.2, -0.15) is 0 Å². The van der Waals surface area contributed by atoms with Crippen molar-refractivity contribution >= 4 is 16.8 Å². The number of carbonyl (C=O) groups excluding carboxylic acids is 1. The Morgan fingerprint density at radius 2 is 1.72 bits per heavy atom. The van der Waals surface area contributed by atoms with Crippen LogP contribution in [0.15, 0.2) is 54.7 Å². The minimum absolute atomic E-state index is 0.102. The Labute approximate surface area is 147 Å². The number of rotatable bonds is 4. The van der Waals surface area contributed by atoms with Gasteiger partial charge < -0.3 is 10.4 Å². The van der Waals surface area contributed by atoms with Crippen molar-refractivity contribution in [2.75, 3.05) is 0 Å². The van der Waals surface area contributed by atoms with Gasteiger partial charge in [0.25, 0.3) is 0 Å². The molecule has 1 atom stereocenters. The molecule has 1 aromatic heterocycles. The fourth-order valence-electron chi connectivity index (χ4n) is 3.00. The molecule has 3 rings (SSSR count). The Balaban J connectivity index is 2.10. The zero-order valence-corrected chi connectivity index (χ0v) is 14.7. The van der Waals surface area contributed by atoms with E-state index in [4.69, 9.17) is 0 Å². The average molecular weight is 334 g/mol. The largest absolute Gasteiger partial charge is 0.505 e. The maximum Gasteiger partial charge on any atom is 0.217 e. The van der Waals surface area contributed by atoms with Crippen LogP contribution in [0, 0.1) is 0 Å². The van der Waals surface area contributed by atoms with E-state index in [2.05, 4.69) is 36.3 Å². The molecule has 4 heteroatoms. The number of aromatic nitrogens is 1. The van der Waals surface area contributed by atoms with Crippen LogP contribution in [0.5, 0.6) is 5.75 Å². The summed E-state index contributed by atoms with van der Waals surface area (Å²) in [7, 11) is 0. The van der Waals surface area contributed by atoms with E-state index in [1.807, 2.05) is 36.4 Å². The van der Waals surface area contributed by atoms with Crippen LogP contribution in [0.25, 0.3) is 10.9 Å². The number of hydrogen-bond acceptors (Lipinski definition) is 3. The first-order valence-electron chi connectivity index (χ1n) is 8.41. The van der Waals surface area contributed by atoms with Gasteiger partial charge in [-0.25, -0.2) is 0 Å². The Morgan fingerprint density at radius 3 is 2.36 bits per heavy atom. The van der Waals surface area contributed by atoms with Gasteiger partial charge >= 0.3 is 0 Å². The molecule has 0 bridgehead atoms. The van der Waals surface area contributed by atoms with Gasteiger partial charge in [0.05, 0.1) is 6.04 Å². The molecule has 0 saturated heterocycles. The number of phenolic OH excluding ortho intramolecular Hbond substituents is 1. The van der Waals surface area contributed by atoms with E-state index in [-0.39, 0.29) is 11.7 Å². The van der Waals surface area contributed by atoms with E-state index < -0.39 is 6.04 Å². The van der Waals surface area contributed by atoms with Gasteiger partial charge in [0.2, 0.25) is 5.91 Å². The van der Waals surface area contributed by atoms with E-state index in [9.17, 15) is 9.90 Å². The molecule has 4 nitrogen and oxygen atoms in total. The SMILES string of the molecule is CC(=O)N[C@H](c1ccc(C(C)C)cc1)c1ccc2cccnc2c1O. The van der Waals surface area contributed by atoms with Crippen molar-refractivity contribution in [1.29, 1.82) is 0 Å². The van der Waals surface area contributed by atoms with Crippen molar-refractivity contribution in [1.82, 2.24) is 10.3 Å². The Bertz CT molecular complexity index is 901. The number of nitrogens with one attached hydrogen (secondary N) is 1. The van der Waals surface area contributed by atoms with Crippen molar-refractivity contribution in [3.05, 3.63) is 71.4 Å². The summed E-state index contributed by atoms with van der Waals surface area (Å²) >= 11 is 0. The highest BCUT2D eigenvalue weighted by molar-refractivity contribution is 5.86. The molecule has 0 radical (unpaired) electrons. The quantitative estimate of drug-likeness (QED) is 0.748. The lowest BCUT2D eigenvalue weighted by Crippen LogP contribution is -2.27. The highest BCUT2D eigenvalue weighted by Gasteiger charge is 2.20. The van der Waals surface area contributed by atoms with Crippen molar-refractivity contribution in [3.63, 3.8) is 0 Å². The van der Waals surface area contributed by atoms with Crippen LogP contribution < -0.4 is 5.32 Å². The molecular weight excluding hydrogens is 312 g/mol. The van der Waals surface area contributed by atoms with Crippen molar-refractivity contribution in [2.45, 2.75) is 32.7 Å². The highest BCUT2D eigenvalue weighted by Crippen LogP contribution is 2.34. The van der Waals surface area contributed by atoms with Gasteiger partial charge in [-0.15, -0.1) is 0 Å². The van der Waals surface area contributed by atoms with Crippen LogP contribution in [0.4, 0.5) is 0 Å². The molecule has 128 valence electrons. The molecule has 1 amide bonds. The van der Waals surface area contributed by atoms with Crippen LogP contribution in [0.1, 0.15) is 49.4 Å². The van der Waals surface area contributed by atoms with E-state index >= 15 is 0 Å². The van der Waals surface area contributed by atoms with E-state index in [0.717, 1.165) is 10.9 Å². The summed E-state index contributed by atoms with van der Waals surface area (Å²) in [5, 5.41) is 14.5. The number of amides is 1. The van der Waals surface area contributed by atoms with Crippen LogP contribution in [-0.4, -0.2) is 16.0 Å². The zero-order chi connectivity index (χ0) is 18.0. The lowest BCUT2D eigenvalue weighted by Gasteiger charge is -2.21. The number of fused-ring (bicyclic) bond motifs is 1. The number of hydrogen-bond donors (Lipinski definition) is 2. The molecular formula is C21H22N2O2. The molecule has 25 heavy (non-hydrogen) atoms. The van der Waals surface area contributed by atoms with Gasteiger partial charge in [0.1, 0.15) is 11.3 Å². The predicted molar refractivity (Wildman–Crippen MR) is 99.6 cm³/mol. The maximum atomic E-state index is 11.7. The molecule has 0 aliphatic carbocycles. The summed E-state index contributed by atoms with van der Waals surface area (Å²) in [5.74, 6) is 0.384. The number of nitrogens with zero attached hydrogens (tertiary/aromatic N) is 1. The van der Waals surface area contributed by atoms with Gasteiger partial charge in [-0.3, -0.25) is 9.78 Å². The summed E-state index contributed by atoms with van der Waals surface area (Å²) in [5.41, 5.74) is 3.33. The minimum atomic E-state index is -0.426. The molecule has 2 N–H and O–H groups in total. The van der Waals surface area contributed by atoms with Crippen LogP contribution in [0.3, 0.4) is 0 Å². The zero-order valence-electron chi connectivity index (χ0n) is 14.7. The lowest BCUT2D eigenvalue weighted by molar-refractivity contribution is -0.119. The summed E-state index contributed by atoms with van der Waals surface area (Å²) in [6.45, 7) is 5.76. The van der Waals surface area contributed by atoms with Crippen LogP contribution >= 0.6 is 0 Å². The van der Waals surface area contributed by atoms with Gasteiger partial charge in [0.15, 0.2) is 0 Å². The monoisotopic (exact) mass is 334 g/mol. The van der Waals surface area contributed by atoms with E-state index in [0.29, 0.717) is 17.0 Å². The third-order valence-electron chi connectivity index (χ3n) is 4.37. The summed E-state index contributed by atoms with van der Waals surface area (Å²) < 4.78 is 0. The number of benzene rings is 2. The van der Waals surface area contributed by atoms with Crippen LogP contribution in [0.2, 0.25) is 0 Å². The Kier molecular flexibility index (Phi) is 4.70. The second-order valence-electron chi connectivity index (χ2n) is 6.53. The molecule has 1 heterocycles. The topological polar surface area (TPSA) is 62.2 Å². The van der Waals surface area contributed by atoms with E-state index in [1.54, 1.807) is 6.20 Å². The summed E-state index contributed by atoms with van der Waals surface area (Å²) in [4.78, 5) is 16.0. The Hall–Kier alpha value is -2.88. The fraction of sp³-hybridized carbons (Fsp3) is 0.238. The molecule has 3 aromatic rings. The standard InChI is InChI=1S/C21H22N2O2/c1-13(2)15-6-8-17(9-7-15)19(23-14(3)24)18-11-10-16-5-4-12-22-20(16)21(18)25/h4-13,19,25H,1-3H3,(H,23,24)/t19-/m1/s1. The normalized spacial score (nSPS) is 12.3. The molecule has 0 saturated carbocycles. The maximum absolute atomic E-state index is 11.7. The number of phenols is 1. The number of pyridine rings is 1. The number of carbonyl (C=O) groups is 1. The van der Waals surface area contributed by atoms with Crippen molar-refractivity contribution in [2.24, 2.45) is 0 Å². The third kappa shape index (κ3) is 3.48. The average Bonchev–Trinajstić information content (AvgIpc) is 2.60. The van der Waals surface area contributed by atoms with Crippen LogP contribution in [-0.2, 0) is 4.79 Å². The first-order valence-corrected chi connectivity index (χ1v) is 8.41. The van der Waals surface area contributed by atoms with Crippen molar-refractivity contribution in [3.8, 4) is 5.75 Å². The molecule has 0 aliphatic heterocycles. The molecule has 0 unspecified atom stereocenters. The minimum Gasteiger partial charge on any atom is -0.505 e. The first-order chi connectivity index (χ1) is 12.0. The van der Waals surface area contributed by atoms with Gasteiger partial charge in [-0.05, 0) is 23.1 Å². The number of aromatic hydroxyl groups is 1. The highest BCUT2D eigenvalue weighted by atomic mass is 16.3. The summed E-state index contributed by atoms with van der Waals surface area (Å²) in [6, 6.07) is 15.2. The third-order valence-corrected chi connectivity index (χ3v) is 4.37. The molecule has 0 aliphatic rings. The molecule has 0 fully saturated rings. The molecule has 2 aromatic carbocycles. The molecule has 0 spiro atoms. The van der Waals surface area contributed by atoms with E-state index in [1.165, 1.54) is 12.5 Å². The first kappa shape index (κ1) is 17.0. The second-order valence-corrected chi connectivity index (χ2v) is 6.53. The lowest BCUT2D eigenvalue weighted by atomic mass is 9.94. The van der Waals surface area contributed by atoms with Gasteiger partial charge in [-0.1, -0.05) is 56.3 Å². The van der Waals surface area contributed by atoms with Crippen molar-refractivity contribution < 1.29 is 9.90 Å².